The molecule has 0 aliphatic carbocycles. The molecule has 0 aliphatic heterocycles. The SMILES string of the molecule is C=CCOc1ccc(N=Cc2cc(C(C)(C)C)cc(C(C)(C)C)c2O)cc1.C=CCOc1ccc(N=Cc2cc(C(C)(C)C)cc(C(C)(C)C)c2O)cc1.[Cl][Ti][Cl]. The van der Waals surface area contributed by atoms with Crippen molar-refractivity contribution in [2.24, 2.45) is 9.98 Å². The van der Waals surface area contributed by atoms with Gasteiger partial charge in [-0.2, -0.15) is 0 Å². The minimum absolute atomic E-state index is 0.0135. The molecule has 0 saturated carbocycles. The van der Waals surface area contributed by atoms with Crippen LogP contribution in [-0.2, 0) is 38.7 Å². The number of phenolic OH excluding ortho intramolecular Hbond substituents is 2. The number of aromatic hydroxyl groups is 2. The van der Waals surface area contributed by atoms with E-state index in [1.54, 1.807) is 24.6 Å². The number of ether oxygens (including phenoxy) is 2. The van der Waals surface area contributed by atoms with Crippen molar-refractivity contribution >= 4 is 42.4 Å². The molecule has 2 N–H and O–H groups in total. The number of nitrogens with zero attached hydrogens (tertiary/aromatic N) is 2. The first-order chi connectivity index (χ1) is 26.5. The summed E-state index contributed by atoms with van der Waals surface area (Å²) in [6.07, 6.45) is 6.90. The van der Waals surface area contributed by atoms with E-state index < -0.39 is 17.0 Å². The first kappa shape index (κ1) is 49.3. The quantitative estimate of drug-likeness (QED) is 0.0946. The second kappa shape index (κ2) is 21.8. The third-order valence-corrected chi connectivity index (χ3v) is 8.74. The Morgan fingerprint density at radius 3 is 1.09 bits per heavy atom. The van der Waals surface area contributed by atoms with Crippen molar-refractivity contribution in [3.05, 3.63) is 131 Å². The second-order valence-electron chi connectivity index (χ2n) is 17.7. The Balaban J connectivity index is 0.000000368. The summed E-state index contributed by atoms with van der Waals surface area (Å²) in [5, 5.41) is 21.6. The van der Waals surface area contributed by atoms with Gasteiger partial charge in [-0.15, -0.1) is 0 Å². The third kappa shape index (κ3) is 16.2. The van der Waals surface area contributed by atoms with Crippen molar-refractivity contribution in [2.45, 2.75) is 105 Å². The molecule has 4 rings (SSSR count). The van der Waals surface area contributed by atoms with E-state index in [-0.39, 0.29) is 21.7 Å². The van der Waals surface area contributed by atoms with Crippen molar-refractivity contribution < 1.29 is 36.7 Å². The normalized spacial score (nSPS) is 12.0. The van der Waals surface area contributed by atoms with Crippen LogP contribution in [0.5, 0.6) is 23.0 Å². The molecular weight excluding hydrogens is 787 g/mol. The molecule has 306 valence electrons. The van der Waals surface area contributed by atoms with E-state index >= 15 is 0 Å². The van der Waals surface area contributed by atoms with Crippen molar-refractivity contribution in [1.29, 1.82) is 0 Å². The molecule has 0 unspecified atom stereocenters. The van der Waals surface area contributed by atoms with E-state index in [9.17, 15) is 10.2 Å². The summed E-state index contributed by atoms with van der Waals surface area (Å²) in [6, 6.07) is 23.3. The van der Waals surface area contributed by atoms with Gasteiger partial charge in [0, 0.05) is 34.7 Å². The Morgan fingerprint density at radius 1 is 0.544 bits per heavy atom. The number of hydrogen-bond donors (Lipinski definition) is 2. The van der Waals surface area contributed by atoms with Gasteiger partial charge in [-0.1, -0.05) is 121 Å². The standard InChI is InChI=1S/2C24H31NO2.2ClH.Ti/c2*1-8-13-27-20-11-9-19(10-12-20)25-16-17-14-18(23(2,3)4)15-21(22(17)26)24(5,6)7;;;/h2*8-12,14-16,26H,1,13H2,2-7H3;2*1H;/q;;;;+2/p-2. The van der Waals surface area contributed by atoms with Crippen molar-refractivity contribution in [3.8, 4) is 23.0 Å². The van der Waals surface area contributed by atoms with Gasteiger partial charge in [0.2, 0.25) is 0 Å². The van der Waals surface area contributed by atoms with Crippen molar-refractivity contribution in [1.82, 2.24) is 0 Å². The van der Waals surface area contributed by atoms with Crippen LogP contribution in [0.1, 0.15) is 116 Å². The molecule has 0 aromatic heterocycles. The van der Waals surface area contributed by atoms with E-state index in [1.165, 1.54) is 11.1 Å². The summed E-state index contributed by atoms with van der Waals surface area (Å²) < 4.78 is 11.0. The Kier molecular flexibility index (Phi) is 18.9. The molecular formula is C48H62Cl2N2O4Ti. The fourth-order valence-electron chi connectivity index (χ4n) is 5.38. The van der Waals surface area contributed by atoms with E-state index in [0.29, 0.717) is 24.7 Å². The van der Waals surface area contributed by atoms with Crippen LogP contribution in [0.4, 0.5) is 11.4 Å². The predicted molar refractivity (Wildman–Crippen MR) is 241 cm³/mol. The molecule has 0 saturated heterocycles. The molecule has 0 amide bonds. The Bertz CT molecular complexity index is 1820. The number of halogens is 2. The number of hydrogen-bond acceptors (Lipinski definition) is 6. The van der Waals surface area contributed by atoms with E-state index in [2.05, 4.69) is 118 Å². The Hall–Kier alpha value is -3.81. The van der Waals surface area contributed by atoms with Gasteiger partial charge >= 0.3 is 35.6 Å². The molecule has 4 aromatic carbocycles. The van der Waals surface area contributed by atoms with Crippen LogP contribution < -0.4 is 9.47 Å². The van der Waals surface area contributed by atoms with Gasteiger partial charge in [0.25, 0.3) is 0 Å². The third-order valence-electron chi connectivity index (χ3n) is 8.74. The Labute approximate surface area is 359 Å². The molecule has 0 spiro atoms. The number of phenols is 2. The van der Waals surface area contributed by atoms with Gasteiger partial charge in [0.1, 0.15) is 36.2 Å². The van der Waals surface area contributed by atoms with Gasteiger partial charge in [-0.3, -0.25) is 9.98 Å². The fourth-order valence-corrected chi connectivity index (χ4v) is 5.38. The maximum atomic E-state index is 10.8. The molecule has 0 aliphatic rings. The van der Waals surface area contributed by atoms with Crippen LogP contribution in [0.2, 0.25) is 0 Å². The number of aliphatic imine (C=N–C) groups is 2. The van der Waals surface area contributed by atoms with Crippen molar-refractivity contribution in [2.75, 3.05) is 13.2 Å². The van der Waals surface area contributed by atoms with Gasteiger partial charge in [-0.25, -0.2) is 0 Å². The predicted octanol–water partition coefficient (Wildman–Crippen LogP) is 14.0. The molecule has 57 heavy (non-hydrogen) atoms. The van der Waals surface area contributed by atoms with E-state index in [4.69, 9.17) is 28.1 Å². The molecule has 6 nitrogen and oxygen atoms in total. The second-order valence-corrected chi connectivity index (χ2v) is 20.3. The summed E-state index contributed by atoms with van der Waals surface area (Å²) in [7, 11) is 9.78. The summed E-state index contributed by atoms with van der Waals surface area (Å²) in [6.45, 7) is 33.9. The van der Waals surface area contributed by atoms with Crippen LogP contribution in [0.25, 0.3) is 0 Å². The van der Waals surface area contributed by atoms with Gasteiger partial charge < -0.3 is 19.7 Å². The van der Waals surface area contributed by atoms with Crippen LogP contribution >= 0.6 is 18.6 Å². The van der Waals surface area contributed by atoms with Gasteiger partial charge in [-0.05, 0) is 93.5 Å². The first-order valence-corrected chi connectivity index (χ1v) is 23.2. The zero-order chi connectivity index (χ0) is 43.2. The molecule has 4 aromatic rings. The molecule has 0 atom stereocenters. The summed E-state index contributed by atoms with van der Waals surface area (Å²) in [5.74, 6) is 2.15. The molecule has 0 fully saturated rings. The van der Waals surface area contributed by atoms with Crippen LogP contribution in [-0.4, -0.2) is 35.9 Å². The zero-order valence-electron chi connectivity index (χ0n) is 35.9. The van der Waals surface area contributed by atoms with Crippen molar-refractivity contribution in [3.63, 3.8) is 0 Å². The van der Waals surface area contributed by atoms with Gasteiger partial charge in [0.05, 0.1) is 11.4 Å². The van der Waals surface area contributed by atoms with Gasteiger partial charge in [0.15, 0.2) is 0 Å². The summed E-state index contributed by atoms with van der Waals surface area (Å²) in [5.41, 5.74) is 6.97. The van der Waals surface area contributed by atoms with Crippen LogP contribution in [0, 0.1) is 0 Å². The molecule has 9 heteroatoms. The zero-order valence-corrected chi connectivity index (χ0v) is 39.0. The number of rotatable bonds is 10. The summed E-state index contributed by atoms with van der Waals surface area (Å²) >= 11 is -0.556. The topological polar surface area (TPSA) is 83.6 Å². The molecule has 0 radical (unpaired) electrons. The maximum absolute atomic E-state index is 10.8. The Morgan fingerprint density at radius 2 is 0.842 bits per heavy atom. The first-order valence-electron chi connectivity index (χ1n) is 18.9. The summed E-state index contributed by atoms with van der Waals surface area (Å²) in [4.78, 5) is 9.09. The average molecular weight is 850 g/mol. The van der Waals surface area contributed by atoms with Crippen LogP contribution in [0.3, 0.4) is 0 Å². The minimum atomic E-state index is -0.556. The fraction of sp³-hybridized carbons (Fsp3) is 0.375. The van der Waals surface area contributed by atoms with E-state index in [1.807, 2.05) is 60.7 Å². The number of benzene rings is 4. The van der Waals surface area contributed by atoms with E-state index in [0.717, 1.165) is 45.1 Å². The monoisotopic (exact) mass is 848 g/mol. The average Bonchev–Trinajstić information content (AvgIpc) is 3.11. The van der Waals surface area contributed by atoms with Crippen LogP contribution in [0.15, 0.2) is 108 Å². The molecule has 0 heterocycles. The molecule has 0 bridgehead atoms.